The average Bonchev–Trinajstić information content (AvgIpc) is 2.28. The Bertz CT molecular complexity index is 424. The Morgan fingerprint density at radius 2 is 2.17 bits per heavy atom. The van der Waals surface area contributed by atoms with Crippen LogP contribution in [0.15, 0.2) is 18.2 Å². The summed E-state index contributed by atoms with van der Waals surface area (Å²) in [4.78, 5) is 4.54. The third-order valence-electron chi connectivity index (χ3n) is 3.88. The first kappa shape index (κ1) is 13.5. The first-order chi connectivity index (χ1) is 8.49. The quantitative estimate of drug-likeness (QED) is 0.894. The van der Waals surface area contributed by atoms with Crippen molar-refractivity contribution in [2.24, 2.45) is 5.92 Å². The first-order valence-corrected chi connectivity index (χ1v) is 6.76. The van der Waals surface area contributed by atoms with E-state index in [-0.39, 0.29) is 5.75 Å². The maximum Gasteiger partial charge on any atom is 0.140 e. The van der Waals surface area contributed by atoms with Gasteiger partial charge in [0.1, 0.15) is 5.75 Å². The van der Waals surface area contributed by atoms with Crippen molar-refractivity contribution < 1.29 is 5.11 Å². The molecule has 1 heterocycles. The van der Waals surface area contributed by atoms with Gasteiger partial charge in [0.25, 0.3) is 0 Å². The van der Waals surface area contributed by atoms with E-state index in [1.54, 1.807) is 6.07 Å². The Balaban J connectivity index is 2.17. The molecule has 18 heavy (non-hydrogen) atoms. The van der Waals surface area contributed by atoms with Gasteiger partial charge in [-0.15, -0.1) is 0 Å². The van der Waals surface area contributed by atoms with Crippen LogP contribution >= 0.6 is 11.6 Å². The number of hydrogen-bond acceptors (Lipinski definition) is 3. The summed E-state index contributed by atoms with van der Waals surface area (Å²) in [7, 11) is 4.21. The highest BCUT2D eigenvalue weighted by Gasteiger charge is 2.28. The monoisotopic (exact) mass is 268 g/mol. The number of hydrogen-bond donors (Lipinski definition) is 1. The maximum atomic E-state index is 9.99. The molecule has 2 atom stereocenters. The van der Waals surface area contributed by atoms with E-state index in [2.05, 4.69) is 30.8 Å². The second kappa shape index (κ2) is 5.37. The summed E-state index contributed by atoms with van der Waals surface area (Å²) in [5, 5.41) is 10.6. The average molecular weight is 269 g/mol. The van der Waals surface area contributed by atoms with Gasteiger partial charge in [-0.1, -0.05) is 18.5 Å². The van der Waals surface area contributed by atoms with Crippen LogP contribution in [0.1, 0.15) is 13.3 Å². The van der Waals surface area contributed by atoms with Crippen molar-refractivity contribution in [1.29, 1.82) is 0 Å². The van der Waals surface area contributed by atoms with E-state index in [1.807, 2.05) is 12.1 Å². The summed E-state index contributed by atoms with van der Waals surface area (Å²) in [6.07, 6.45) is 1.12. The van der Waals surface area contributed by atoms with Gasteiger partial charge in [0, 0.05) is 30.7 Å². The van der Waals surface area contributed by atoms with E-state index in [4.69, 9.17) is 11.6 Å². The van der Waals surface area contributed by atoms with Gasteiger partial charge >= 0.3 is 0 Å². The summed E-state index contributed by atoms with van der Waals surface area (Å²) < 4.78 is 0. The van der Waals surface area contributed by atoms with Crippen molar-refractivity contribution in [2.75, 3.05) is 32.1 Å². The van der Waals surface area contributed by atoms with E-state index in [1.165, 1.54) is 0 Å². The fraction of sp³-hybridized carbons (Fsp3) is 0.571. The normalized spacial score (nSPS) is 25.1. The molecule has 0 bridgehead atoms. The fourth-order valence-corrected chi connectivity index (χ4v) is 3.06. The van der Waals surface area contributed by atoms with Crippen LogP contribution in [0.5, 0.6) is 5.75 Å². The lowest BCUT2D eigenvalue weighted by Gasteiger charge is -2.41. The van der Waals surface area contributed by atoms with E-state index in [0.29, 0.717) is 17.0 Å². The topological polar surface area (TPSA) is 26.7 Å². The van der Waals surface area contributed by atoms with Crippen molar-refractivity contribution >= 4 is 17.3 Å². The second-order valence-corrected chi connectivity index (χ2v) is 5.78. The molecule has 0 saturated carbocycles. The van der Waals surface area contributed by atoms with Crippen LogP contribution in [0.2, 0.25) is 5.02 Å². The lowest BCUT2D eigenvalue weighted by Crippen LogP contribution is -2.47. The predicted octanol–water partition coefficient (Wildman–Crippen LogP) is 2.82. The molecule has 1 fully saturated rings. The molecule has 1 N–H and O–H groups in total. The van der Waals surface area contributed by atoms with Gasteiger partial charge in [0.05, 0.1) is 5.69 Å². The summed E-state index contributed by atoms with van der Waals surface area (Å²) in [5.41, 5.74) is 0.862. The lowest BCUT2D eigenvalue weighted by molar-refractivity contribution is 0.193. The molecular formula is C14H21ClN2O. The van der Waals surface area contributed by atoms with Crippen LogP contribution in [0.3, 0.4) is 0 Å². The molecule has 1 aliphatic rings. The Morgan fingerprint density at radius 1 is 1.44 bits per heavy atom. The minimum absolute atomic E-state index is 0.260. The van der Waals surface area contributed by atoms with Gasteiger partial charge in [-0.2, -0.15) is 0 Å². The molecule has 1 saturated heterocycles. The summed E-state index contributed by atoms with van der Waals surface area (Å²) in [6.45, 7) is 4.47. The summed E-state index contributed by atoms with van der Waals surface area (Å²) >= 11 is 5.87. The zero-order valence-corrected chi connectivity index (χ0v) is 12.0. The molecule has 0 amide bonds. The third-order valence-corrected chi connectivity index (χ3v) is 4.11. The van der Waals surface area contributed by atoms with Crippen LogP contribution in [-0.2, 0) is 0 Å². The van der Waals surface area contributed by atoms with Gasteiger partial charge in [-0.25, -0.2) is 0 Å². The first-order valence-electron chi connectivity index (χ1n) is 6.39. The Hall–Kier alpha value is -0.930. The maximum absolute atomic E-state index is 9.99. The van der Waals surface area contributed by atoms with Crippen molar-refractivity contribution in [3.05, 3.63) is 23.2 Å². The largest absolute Gasteiger partial charge is 0.506 e. The molecule has 0 radical (unpaired) electrons. The van der Waals surface area contributed by atoms with Gasteiger partial charge in [-0.05, 0) is 38.1 Å². The molecule has 4 heteroatoms. The summed E-state index contributed by atoms with van der Waals surface area (Å²) in [5.74, 6) is 0.847. The number of aromatic hydroxyl groups is 1. The number of piperidine rings is 1. The molecule has 100 valence electrons. The minimum atomic E-state index is 0.260. The molecule has 1 aromatic carbocycles. The number of anilines is 1. The Labute approximate surface area is 114 Å². The fourth-order valence-electron chi connectivity index (χ4n) is 2.89. The highest BCUT2D eigenvalue weighted by molar-refractivity contribution is 6.30. The van der Waals surface area contributed by atoms with Gasteiger partial charge < -0.3 is 14.9 Å². The highest BCUT2D eigenvalue weighted by atomic mass is 35.5. The standard InChI is InChI=1S/C14H21ClN2O/c1-10-9-16(2)7-6-12(10)17(3)13-5-4-11(15)8-14(13)18/h4-5,8,10,12,18H,6-7,9H2,1-3H3/t10-,12?/m1/s1. The predicted molar refractivity (Wildman–Crippen MR) is 76.6 cm³/mol. The van der Waals surface area contributed by atoms with E-state index >= 15 is 0 Å². The number of nitrogens with zero attached hydrogens (tertiary/aromatic N) is 2. The SMILES string of the molecule is C[C@@H]1CN(C)CCC1N(C)c1ccc(Cl)cc1O. The zero-order chi connectivity index (χ0) is 13.3. The van der Waals surface area contributed by atoms with Crippen LogP contribution in [0.4, 0.5) is 5.69 Å². The molecule has 2 rings (SSSR count). The molecule has 0 spiro atoms. The van der Waals surface area contributed by atoms with E-state index in [9.17, 15) is 5.11 Å². The second-order valence-electron chi connectivity index (χ2n) is 5.34. The van der Waals surface area contributed by atoms with Crippen LogP contribution in [-0.4, -0.2) is 43.2 Å². The van der Waals surface area contributed by atoms with Crippen LogP contribution in [0.25, 0.3) is 0 Å². The number of phenolic OH excluding ortho intramolecular Hbond substituents is 1. The van der Waals surface area contributed by atoms with Crippen molar-refractivity contribution in [1.82, 2.24) is 4.90 Å². The van der Waals surface area contributed by atoms with E-state index in [0.717, 1.165) is 25.2 Å². The Kier molecular flexibility index (Phi) is 4.03. The number of benzene rings is 1. The van der Waals surface area contributed by atoms with Gasteiger partial charge in [0.2, 0.25) is 0 Å². The highest BCUT2D eigenvalue weighted by Crippen LogP contribution is 2.33. The lowest BCUT2D eigenvalue weighted by atomic mass is 9.92. The van der Waals surface area contributed by atoms with Gasteiger partial charge in [0.15, 0.2) is 0 Å². The Morgan fingerprint density at radius 3 is 2.78 bits per heavy atom. The molecule has 3 nitrogen and oxygen atoms in total. The molecule has 1 aromatic rings. The zero-order valence-electron chi connectivity index (χ0n) is 11.2. The van der Waals surface area contributed by atoms with Crippen molar-refractivity contribution in [3.63, 3.8) is 0 Å². The molecular weight excluding hydrogens is 248 g/mol. The molecule has 1 aliphatic heterocycles. The number of phenols is 1. The molecule has 1 unspecified atom stereocenters. The van der Waals surface area contributed by atoms with E-state index < -0.39 is 0 Å². The summed E-state index contributed by atoms with van der Waals surface area (Å²) in [6, 6.07) is 5.79. The number of rotatable bonds is 2. The minimum Gasteiger partial charge on any atom is -0.506 e. The van der Waals surface area contributed by atoms with Crippen LogP contribution < -0.4 is 4.90 Å². The number of likely N-dealkylation sites (tertiary alicyclic amines) is 1. The molecule has 0 aliphatic carbocycles. The van der Waals surface area contributed by atoms with Crippen molar-refractivity contribution in [3.8, 4) is 5.75 Å². The number of halogens is 1. The van der Waals surface area contributed by atoms with Crippen molar-refractivity contribution in [2.45, 2.75) is 19.4 Å². The smallest absolute Gasteiger partial charge is 0.140 e. The van der Waals surface area contributed by atoms with Gasteiger partial charge in [-0.3, -0.25) is 0 Å². The molecule has 0 aromatic heterocycles. The third kappa shape index (κ3) is 2.73. The van der Waals surface area contributed by atoms with Crippen LogP contribution in [0, 0.1) is 5.92 Å².